The van der Waals surface area contributed by atoms with Crippen molar-refractivity contribution >= 4 is 16.9 Å². The molecule has 0 heterocycles. The molecule has 1 aliphatic carbocycles. The van der Waals surface area contributed by atoms with Gasteiger partial charge in [0, 0.05) is 11.3 Å². The van der Waals surface area contributed by atoms with Gasteiger partial charge < -0.3 is 16.6 Å². The fraction of sp³-hybridized carbons (Fsp3) is 0. The lowest BCUT2D eigenvalue weighted by Crippen LogP contribution is -1.89. The van der Waals surface area contributed by atoms with Gasteiger partial charge in [0.05, 0.1) is 5.69 Å². The number of hydrogen-bond acceptors (Lipinski definition) is 3. The number of rotatable bonds is 0. The minimum atomic E-state index is 0.0993. The summed E-state index contributed by atoms with van der Waals surface area (Å²) in [6.45, 7) is 4.01. The van der Waals surface area contributed by atoms with Gasteiger partial charge in [0.15, 0.2) is 0 Å². The van der Waals surface area contributed by atoms with E-state index in [-0.39, 0.29) is 5.75 Å². The predicted octanol–water partition coefficient (Wildman–Crippen LogP) is 2.60. The Kier molecular flexibility index (Phi) is 1.75. The van der Waals surface area contributed by atoms with Gasteiger partial charge >= 0.3 is 0 Å². The second-order valence-electron chi connectivity index (χ2n) is 4.21. The van der Waals surface area contributed by atoms with E-state index in [9.17, 15) is 5.11 Å². The van der Waals surface area contributed by atoms with Crippen molar-refractivity contribution < 1.29 is 5.11 Å². The number of fused-ring (bicyclic) bond motifs is 3. The number of nitrogen functional groups attached to an aromatic ring is 2. The average molecular weight is 224 g/mol. The Balaban J connectivity index is 2.38. The minimum Gasteiger partial charge on any atom is -0.505 e. The summed E-state index contributed by atoms with van der Waals surface area (Å²) >= 11 is 0. The molecule has 0 saturated carbocycles. The van der Waals surface area contributed by atoms with Gasteiger partial charge in [-0.1, -0.05) is 18.7 Å². The largest absolute Gasteiger partial charge is 0.505 e. The van der Waals surface area contributed by atoms with Crippen molar-refractivity contribution in [3.8, 4) is 16.9 Å². The summed E-state index contributed by atoms with van der Waals surface area (Å²) < 4.78 is 0. The van der Waals surface area contributed by atoms with E-state index in [1.165, 1.54) is 0 Å². The molecule has 0 radical (unpaired) electrons. The van der Waals surface area contributed by atoms with Crippen LogP contribution >= 0.6 is 0 Å². The molecule has 2 aromatic carbocycles. The minimum absolute atomic E-state index is 0.0993. The third-order valence-corrected chi connectivity index (χ3v) is 3.17. The molecule has 84 valence electrons. The quantitative estimate of drug-likeness (QED) is 0.406. The molecular weight excluding hydrogens is 212 g/mol. The van der Waals surface area contributed by atoms with E-state index in [4.69, 9.17) is 11.5 Å². The fourth-order valence-electron chi connectivity index (χ4n) is 2.32. The molecule has 3 nitrogen and oxygen atoms in total. The number of hydrogen-bond donors (Lipinski definition) is 3. The predicted molar refractivity (Wildman–Crippen MR) is 70.5 cm³/mol. The second kappa shape index (κ2) is 3.04. The van der Waals surface area contributed by atoms with Crippen LogP contribution in [0.2, 0.25) is 0 Å². The first-order valence-corrected chi connectivity index (χ1v) is 5.30. The van der Waals surface area contributed by atoms with Crippen molar-refractivity contribution in [2.24, 2.45) is 0 Å². The van der Waals surface area contributed by atoms with Crippen LogP contribution in [0, 0.1) is 0 Å². The molecule has 0 saturated heterocycles. The van der Waals surface area contributed by atoms with Gasteiger partial charge in [0.25, 0.3) is 0 Å². The zero-order valence-corrected chi connectivity index (χ0v) is 9.20. The van der Waals surface area contributed by atoms with Crippen LogP contribution < -0.4 is 11.5 Å². The molecule has 17 heavy (non-hydrogen) atoms. The van der Waals surface area contributed by atoms with Crippen molar-refractivity contribution in [1.82, 2.24) is 0 Å². The standard InChI is InChI=1S/C14H12N2O/c1-7-11-6-8(15)2-3-9(11)10-4-5-12(16)14(17)13(7)10/h2-6,17H,1,15-16H2. The van der Waals surface area contributed by atoms with E-state index < -0.39 is 0 Å². The lowest BCUT2D eigenvalue weighted by molar-refractivity contribution is 0.477. The highest BCUT2D eigenvalue weighted by Gasteiger charge is 2.25. The average Bonchev–Trinajstić information content (AvgIpc) is 2.58. The molecular formula is C14H12N2O. The Morgan fingerprint density at radius 2 is 1.65 bits per heavy atom. The number of nitrogens with two attached hydrogens (primary N) is 2. The summed E-state index contributed by atoms with van der Waals surface area (Å²) in [6.07, 6.45) is 0. The van der Waals surface area contributed by atoms with Gasteiger partial charge in [0.2, 0.25) is 0 Å². The molecule has 0 atom stereocenters. The van der Waals surface area contributed by atoms with Crippen LogP contribution in [-0.4, -0.2) is 5.11 Å². The highest BCUT2D eigenvalue weighted by Crippen LogP contribution is 2.49. The van der Waals surface area contributed by atoms with E-state index >= 15 is 0 Å². The molecule has 0 bridgehead atoms. The number of phenols is 1. The van der Waals surface area contributed by atoms with Crippen LogP contribution in [0.15, 0.2) is 36.9 Å². The Morgan fingerprint density at radius 1 is 0.941 bits per heavy atom. The summed E-state index contributed by atoms with van der Waals surface area (Å²) in [6, 6.07) is 9.25. The third kappa shape index (κ3) is 1.16. The Hall–Kier alpha value is -2.42. The van der Waals surface area contributed by atoms with Crippen LogP contribution in [0.3, 0.4) is 0 Å². The normalized spacial score (nSPS) is 12.4. The SMILES string of the molecule is C=C1c2cc(N)ccc2-c2ccc(N)c(O)c21. The zero-order chi connectivity index (χ0) is 12.2. The first kappa shape index (κ1) is 9.78. The lowest BCUT2D eigenvalue weighted by atomic mass is 10.0. The van der Waals surface area contributed by atoms with E-state index in [1.807, 2.05) is 24.3 Å². The maximum Gasteiger partial charge on any atom is 0.146 e. The molecule has 1 aliphatic rings. The topological polar surface area (TPSA) is 72.3 Å². The van der Waals surface area contributed by atoms with E-state index in [1.54, 1.807) is 6.07 Å². The van der Waals surface area contributed by atoms with Crippen molar-refractivity contribution in [2.75, 3.05) is 11.5 Å². The zero-order valence-electron chi connectivity index (χ0n) is 9.20. The number of benzene rings is 2. The molecule has 2 aromatic rings. The van der Waals surface area contributed by atoms with E-state index in [0.717, 1.165) is 22.3 Å². The molecule has 0 aliphatic heterocycles. The molecule has 3 rings (SSSR count). The van der Waals surface area contributed by atoms with Gasteiger partial charge in [-0.25, -0.2) is 0 Å². The van der Waals surface area contributed by atoms with Crippen LogP contribution in [0.1, 0.15) is 11.1 Å². The molecule has 5 N–H and O–H groups in total. The molecule has 3 heteroatoms. The molecule has 0 unspecified atom stereocenters. The van der Waals surface area contributed by atoms with Gasteiger partial charge in [-0.05, 0) is 40.5 Å². The smallest absolute Gasteiger partial charge is 0.146 e. The highest BCUT2D eigenvalue weighted by molar-refractivity contribution is 6.04. The Bertz CT molecular complexity index is 660. The van der Waals surface area contributed by atoms with Gasteiger partial charge in [-0.3, -0.25) is 0 Å². The van der Waals surface area contributed by atoms with Crippen molar-refractivity contribution in [3.05, 3.63) is 48.0 Å². The summed E-state index contributed by atoms with van der Waals surface area (Å²) in [7, 11) is 0. The summed E-state index contributed by atoms with van der Waals surface area (Å²) in [5.41, 5.74) is 17.0. The van der Waals surface area contributed by atoms with Crippen LogP contribution in [0.5, 0.6) is 5.75 Å². The van der Waals surface area contributed by atoms with Crippen molar-refractivity contribution in [3.63, 3.8) is 0 Å². The number of aromatic hydroxyl groups is 1. The second-order valence-corrected chi connectivity index (χ2v) is 4.21. The summed E-state index contributed by atoms with van der Waals surface area (Å²) in [4.78, 5) is 0. The maximum atomic E-state index is 10.0. The van der Waals surface area contributed by atoms with E-state index in [0.29, 0.717) is 16.9 Å². The molecule has 0 spiro atoms. The van der Waals surface area contributed by atoms with Crippen LogP contribution in [0.25, 0.3) is 16.7 Å². The van der Waals surface area contributed by atoms with Gasteiger partial charge in [-0.15, -0.1) is 0 Å². The van der Waals surface area contributed by atoms with Crippen molar-refractivity contribution in [2.45, 2.75) is 0 Å². The Labute approximate surface area is 99.0 Å². The molecule has 0 amide bonds. The maximum absolute atomic E-state index is 10.0. The van der Waals surface area contributed by atoms with Crippen LogP contribution in [-0.2, 0) is 0 Å². The first-order valence-electron chi connectivity index (χ1n) is 5.30. The lowest BCUT2D eigenvalue weighted by Gasteiger charge is -2.06. The first-order chi connectivity index (χ1) is 8.09. The Morgan fingerprint density at radius 3 is 2.41 bits per heavy atom. The third-order valence-electron chi connectivity index (χ3n) is 3.17. The van der Waals surface area contributed by atoms with Crippen molar-refractivity contribution in [1.29, 1.82) is 0 Å². The summed E-state index contributed by atoms with van der Waals surface area (Å²) in [5, 5.41) is 10.0. The van der Waals surface area contributed by atoms with Crippen LogP contribution in [0.4, 0.5) is 11.4 Å². The van der Waals surface area contributed by atoms with E-state index in [2.05, 4.69) is 6.58 Å². The molecule has 0 aromatic heterocycles. The van der Waals surface area contributed by atoms with Gasteiger partial charge in [-0.2, -0.15) is 0 Å². The molecule has 0 fully saturated rings. The number of anilines is 2. The van der Waals surface area contributed by atoms with Gasteiger partial charge in [0.1, 0.15) is 5.75 Å². The monoisotopic (exact) mass is 224 g/mol. The number of phenolic OH excluding ortho intramolecular Hbond substituents is 1. The fourth-order valence-corrected chi connectivity index (χ4v) is 2.32. The highest BCUT2D eigenvalue weighted by atomic mass is 16.3. The summed E-state index contributed by atoms with van der Waals surface area (Å²) in [5.74, 6) is 0.0993.